The molecule has 0 aromatic rings. The van der Waals surface area contributed by atoms with E-state index in [0.29, 0.717) is 32.5 Å². The monoisotopic (exact) mass is 245 g/mol. The molecule has 0 radical (unpaired) electrons. The van der Waals surface area contributed by atoms with Gasteiger partial charge >= 0.3 is 5.97 Å². The first-order valence-corrected chi connectivity index (χ1v) is 6.01. The summed E-state index contributed by atoms with van der Waals surface area (Å²) in [6.45, 7) is 6.95. The Bertz CT molecular complexity index is 274. The van der Waals surface area contributed by atoms with E-state index in [2.05, 4.69) is 0 Å². The van der Waals surface area contributed by atoms with Crippen LogP contribution in [0.25, 0.3) is 0 Å². The zero-order valence-corrected chi connectivity index (χ0v) is 10.9. The largest absolute Gasteiger partial charge is 0.480 e. The Labute approximate surface area is 102 Å². The zero-order chi connectivity index (χ0) is 13.1. The average molecular weight is 245 g/mol. The van der Waals surface area contributed by atoms with Gasteiger partial charge < -0.3 is 20.3 Å². The molecule has 17 heavy (non-hydrogen) atoms. The number of aliphatic carboxylic acids is 1. The number of carboxylic acids is 1. The number of ether oxygens (including phenoxy) is 2. The molecule has 1 aliphatic rings. The minimum Gasteiger partial charge on any atom is -0.480 e. The number of nitrogens with two attached hydrogens (primary N) is 1. The molecule has 1 saturated carbocycles. The lowest BCUT2D eigenvalue weighted by atomic mass is 10.00. The van der Waals surface area contributed by atoms with Crippen LogP contribution in [0.5, 0.6) is 0 Å². The lowest BCUT2D eigenvalue weighted by Crippen LogP contribution is -2.45. The van der Waals surface area contributed by atoms with Crippen LogP contribution in [0.2, 0.25) is 0 Å². The van der Waals surface area contributed by atoms with Gasteiger partial charge in [-0.2, -0.15) is 0 Å². The van der Waals surface area contributed by atoms with Crippen LogP contribution in [0.4, 0.5) is 0 Å². The number of rotatable bonds is 5. The van der Waals surface area contributed by atoms with Gasteiger partial charge in [-0.15, -0.1) is 0 Å². The van der Waals surface area contributed by atoms with Crippen molar-refractivity contribution in [1.82, 2.24) is 0 Å². The third-order valence-electron chi connectivity index (χ3n) is 2.90. The number of hydrogen-bond acceptors (Lipinski definition) is 4. The van der Waals surface area contributed by atoms with Crippen molar-refractivity contribution in [3.63, 3.8) is 0 Å². The van der Waals surface area contributed by atoms with Crippen LogP contribution in [0.15, 0.2) is 0 Å². The highest BCUT2D eigenvalue weighted by Gasteiger charge is 2.42. The summed E-state index contributed by atoms with van der Waals surface area (Å²) in [6.07, 6.45) is 1.52. The molecule has 2 unspecified atom stereocenters. The first kappa shape index (κ1) is 14.4. The Kier molecular flexibility index (Phi) is 4.52. The maximum absolute atomic E-state index is 10.9. The summed E-state index contributed by atoms with van der Waals surface area (Å²) in [5, 5.41) is 8.96. The van der Waals surface area contributed by atoms with Gasteiger partial charge in [-0.3, -0.25) is 4.79 Å². The fourth-order valence-electron chi connectivity index (χ4n) is 1.93. The molecule has 5 heteroatoms. The lowest BCUT2D eigenvalue weighted by Gasteiger charge is -2.21. The summed E-state index contributed by atoms with van der Waals surface area (Å²) < 4.78 is 11.1. The minimum absolute atomic E-state index is 0.0559. The van der Waals surface area contributed by atoms with E-state index in [1.165, 1.54) is 0 Å². The fraction of sp³-hybridized carbons (Fsp3) is 0.917. The molecule has 3 N–H and O–H groups in total. The first-order valence-electron chi connectivity index (χ1n) is 6.01. The molecule has 5 nitrogen and oxygen atoms in total. The summed E-state index contributed by atoms with van der Waals surface area (Å²) in [5.74, 6) is -0.936. The standard InChI is InChI=1S/C12H23NO4/c1-11(2,3)17-7-6-16-9-4-5-12(13,8-9)10(14)15/h9H,4-8,13H2,1-3H3,(H,14,15). The maximum Gasteiger partial charge on any atom is 0.323 e. The molecule has 100 valence electrons. The van der Waals surface area contributed by atoms with Gasteiger partial charge in [-0.05, 0) is 33.6 Å². The summed E-state index contributed by atoms with van der Waals surface area (Å²) >= 11 is 0. The van der Waals surface area contributed by atoms with E-state index in [1.54, 1.807) is 0 Å². The van der Waals surface area contributed by atoms with Gasteiger partial charge in [0.2, 0.25) is 0 Å². The summed E-state index contributed by atoms with van der Waals surface area (Å²) in [5.41, 5.74) is 4.48. The normalized spacial score (nSPS) is 29.5. The van der Waals surface area contributed by atoms with E-state index in [-0.39, 0.29) is 11.7 Å². The number of carboxylic acid groups (broad SMARTS) is 1. The van der Waals surface area contributed by atoms with Gasteiger partial charge in [0.25, 0.3) is 0 Å². The number of carbonyl (C=O) groups is 1. The molecule has 0 amide bonds. The first-order chi connectivity index (χ1) is 7.73. The van der Waals surface area contributed by atoms with Crippen LogP contribution in [-0.4, -0.2) is 41.5 Å². The van der Waals surface area contributed by atoms with Crippen molar-refractivity contribution in [2.24, 2.45) is 5.73 Å². The van der Waals surface area contributed by atoms with Crippen LogP contribution < -0.4 is 5.73 Å². The third-order valence-corrected chi connectivity index (χ3v) is 2.90. The zero-order valence-electron chi connectivity index (χ0n) is 10.9. The van der Waals surface area contributed by atoms with Crippen molar-refractivity contribution >= 4 is 5.97 Å². The van der Waals surface area contributed by atoms with Crippen molar-refractivity contribution in [3.8, 4) is 0 Å². The second kappa shape index (κ2) is 5.33. The molecule has 1 fully saturated rings. The van der Waals surface area contributed by atoms with E-state index >= 15 is 0 Å². The van der Waals surface area contributed by atoms with E-state index in [1.807, 2.05) is 20.8 Å². The molecule has 1 aliphatic carbocycles. The second-order valence-electron chi connectivity index (χ2n) is 5.66. The molecule has 1 rings (SSSR count). The van der Waals surface area contributed by atoms with Crippen molar-refractivity contribution < 1.29 is 19.4 Å². The molecular formula is C12H23NO4. The molecule has 0 saturated heterocycles. The van der Waals surface area contributed by atoms with E-state index in [0.717, 1.165) is 0 Å². The predicted molar refractivity (Wildman–Crippen MR) is 63.9 cm³/mol. The Morgan fingerprint density at radius 3 is 2.59 bits per heavy atom. The van der Waals surface area contributed by atoms with E-state index < -0.39 is 11.5 Å². The Balaban J connectivity index is 2.21. The second-order valence-corrected chi connectivity index (χ2v) is 5.66. The van der Waals surface area contributed by atoms with Gasteiger partial charge in [-0.25, -0.2) is 0 Å². The lowest BCUT2D eigenvalue weighted by molar-refractivity contribution is -0.143. The van der Waals surface area contributed by atoms with Crippen LogP contribution in [0, 0.1) is 0 Å². The fourth-order valence-corrected chi connectivity index (χ4v) is 1.93. The summed E-state index contributed by atoms with van der Waals surface area (Å²) in [6, 6.07) is 0. The number of hydrogen-bond donors (Lipinski definition) is 2. The average Bonchev–Trinajstić information content (AvgIpc) is 2.55. The minimum atomic E-state index is -1.10. The Hall–Kier alpha value is -0.650. The molecule has 2 atom stereocenters. The Morgan fingerprint density at radius 2 is 2.12 bits per heavy atom. The van der Waals surface area contributed by atoms with Gasteiger partial charge in [-0.1, -0.05) is 0 Å². The van der Waals surface area contributed by atoms with Crippen LogP contribution in [-0.2, 0) is 14.3 Å². The molecule has 0 bridgehead atoms. The van der Waals surface area contributed by atoms with E-state index in [9.17, 15) is 4.79 Å². The van der Waals surface area contributed by atoms with Crippen molar-refractivity contribution in [1.29, 1.82) is 0 Å². The SMILES string of the molecule is CC(C)(C)OCCOC1CCC(N)(C(=O)O)C1. The molecule has 0 aromatic heterocycles. The van der Waals surface area contributed by atoms with Crippen molar-refractivity contribution in [2.75, 3.05) is 13.2 Å². The van der Waals surface area contributed by atoms with Gasteiger partial charge in [0.15, 0.2) is 0 Å². The Morgan fingerprint density at radius 1 is 1.47 bits per heavy atom. The highest BCUT2D eigenvalue weighted by molar-refractivity contribution is 5.78. The van der Waals surface area contributed by atoms with Crippen molar-refractivity contribution in [3.05, 3.63) is 0 Å². The highest BCUT2D eigenvalue weighted by Crippen LogP contribution is 2.30. The topological polar surface area (TPSA) is 81.8 Å². The maximum atomic E-state index is 10.9. The van der Waals surface area contributed by atoms with Crippen LogP contribution in [0.3, 0.4) is 0 Å². The van der Waals surface area contributed by atoms with Gasteiger partial charge in [0.1, 0.15) is 5.54 Å². The van der Waals surface area contributed by atoms with Crippen LogP contribution in [0.1, 0.15) is 40.0 Å². The van der Waals surface area contributed by atoms with Crippen molar-refractivity contribution in [2.45, 2.75) is 57.3 Å². The van der Waals surface area contributed by atoms with Gasteiger partial charge in [0, 0.05) is 6.42 Å². The molecule has 0 aromatic carbocycles. The van der Waals surface area contributed by atoms with E-state index in [4.69, 9.17) is 20.3 Å². The molecular weight excluding hydrogens is 222 g/mol. The third kappa shape index (κ3) is 4.61. The summed E-state index contributed by atoms with van der Waals surface area (Å²) in [4.78, 5) is 10.9. The smallest absolute Gasteiger partial charge is 0.323 e. The highest BCUT2D eigenvalue weighted by atomic mass is 16.5. The molecule has 0 heterocycles. The summed E-state index contributed by atoms with van der Waals surface area (Å²) in [7, 11) is 0. The molecule has 0 spiro atoms. The van der Waals surface area contributed by atoms with Gasteiger partial charge in [0.05, 0.1) is 24.9 Å². The quantitative estimate of drug-likeness (QED) is 0.710. The molecule has 0 aliphatic heterocycles. The van der Waals surface area contributed by atoms with Crippen LogP contribution >= 0.6 is 0 Å². The predicted octanol–water partition coefficient (Wildman–Crippen LogP) is 1.15.